The van der Waals surface area contributed by atoms with Crippen LogP contribution >= 0.6 is 0 Å². The molecule has 0 fully saturated rings. The van der Waals surface area contributed by atoms with Gasteiger partial charge in [0.1, 0.15) is 0 Å². The molecule has 0 atom stereocenters. The summed E-state index contributed by atoms with van der Waals surface area (Å²) in [6.45, 7) is 3.18. The zero-order valence-corrected chi connectivity index (χ0v) is 11.7. The normalized spacial score (nSPS) is 10.3. The van der Waals surface area contributed by atoms with E-state index in [4.69, 9.17) is 5.73 Å². The average Bonchev–Trinajstić information content (AvgIpc) is 2.47. The van der Waals surface area contributed by atoms with E-state index in [9.17, 15) is 4.79 Å². The number of carbonyl (C=O) groups excluding carboxylic acids is 1. The summed E-state index contributed by atoms with van der Waals surface area (Å²) >= 11 is 0. The number of carbonyl (C=O) groups is 1. The van der Waals surface area contributed by atoms with Gasteiger partial charge in [0, 0.05) is 12.1 Å². The quantitative estimate of drug-likeness (QED) is 0.875. The van der Waals surface area contributed by atoms with E-state index >= 15 is 0 Å². The Morgan fingerprint density at radius 2 is 1.95 bits per heavy atom. The minimum atomic E-state index is -0.0490. The van der Waals surface area contributed by atoms with Crippen molar-refractivity contribution < 1.29 is 4.79 Å². The molecule has 1 amide bonds. The summed E-state index contributed by atoms with van der Waals surface area (Å²) in [5.74, 6) is -0.0490. The molecule has 0 bridgehead atoms. The number of hydrogen-bond acceptors (Lipinski definition) is 2. The standard InChI is InChI=1S/C17H20N2O/c1-13-5-2-3-7-16(13)12-19-17(20)15-8-4-6-14(11-15)9-10-18/h2-8,11H,9-10,12,18H2,1H3,(H,19,20). The largest absolute Gasteiger partial charge is 0.348 e. The van der Waals surface area contributed by atoms with Crippen molar-refractivity contribution in [1.29, 1.82) is 0 Å². The van der Waals surface area contributed by atoms with Crippen molar-refractivity contribution in [2.45, 2.75) is 19.9 Å². The lowest BCUT2D eigenvalue weighted by atomic mass is 10.1. The molecule has 0 spiro atoms. The molecule has 0 aliphatic heterocycles. The minimum Gasteiger partial charge on any atom is -0.348 e. The molecule has 0 aliphatic rings. The predicted octanol–water partition coefficient (Wildman–Crippen LogP) is 2.43. The lowest BCUT2D eigenvalue weighted by molar-refractivity contribution is 0.0951. The Balaban J connectivity index is 2.01. The third-order valence-electron chi connectivity index (χ3n) is 3.32. The Hall–Kier alpha value is -2.13. The second kappa shape index (κ2) is 6.87. The summed E-state index contributed by atoms with van der Waals surface area (Å²) in [6.07, 6.45) is 0.791. The van der Waals surface area contributed by atoms with Crippen LogP contribution in [0.15, 0.2) is 48.5 Å². The van der Waals surface area contributed by atoms with Gasteiger partial charge in [0.15, 0.2) is 0 Å². The van der Waals surface area contributed by atoms with Crippen molar-refractivity contribution in [1.82, 2.24) is 5.32 Å². The number of hydrogen-bond donors (Lipinski definition) is 2. The van der Waals surface area contributed by atoms with Crippen molar-refractivity contribution in [3.63, 3.8) is 0 Å². The Morgan fingerprint density at radius 3 is 2.70 bits per heavy atom. The van der Waals surface area contributed by atoms with Crippen LogP contribution in [0.5, 0.6) is 0 Å². The fourth-order valence-electron chi connectivity index (χ4n) is 2.12. The Morgan fingerprint density at radius 1 is 1.15 bits per heavy atom. The van der Waals surface area contributed by atoms with Crippen LogP contribution in [0.25, 0.3) is 0 Å². The first-order chi connectivity index (χ1) is 9.70. The molecule has 104 valence electrons. The van der Waals surface area contributed by atoms with Crippen molar-refractivity contribution in [2.24, 2.45) is 5.73 Å². The van der Waals surface area contributed by atoms with E-state index in [1.165, 1.54) is 5.56 Å². The topological polar surface area (TPSA) is 55.1 Å². The Bertz CT molecular complexity index is 593. The van der Waals surface area contributed by atoms with Gasteiger partial charge in [-0.3, -0.25) is 4.79 Å². The Labute approximate surface area is 119 Å². The molecule has 20 heavy (non-hydrogen) atoms. The maximum Gasteiger partial charge on any atom is 0.251 e. The van der Waals surface area contributed by atoms with E-state index in [1.807, 2.05) is 55.5 Å². The maximum absolute atomic E-state index is 12.1. The van der Waals surface area contributed by atoms with E-state index in [0.717, 1.165) is 17.5 Å². The van der Waals surface area contributed by atoms with Crippen molar-refractivity contribution in [3.05, 3.63) is 70.8 Å². The van der Waals surface area contributed by atoms with Crippen molar-refractivity contribution >= 4 is 5.91 Å². The van der Waals surface area contributed by atoms with Crippen LogP contribution in [-0.2, 0) is 13.0 Å². The van der Waals surface area contributed by atoms with E-state index in [1.54, 1.807) is 0 Å². The number of benzene rings is 2. The molecule has 0 heterocycles. The first kappa shape index (κ1) is 14.3. The van der Waals surface area contributed by atoms with E-state index in [-0.39, 0.29) is 5.91 Å². The molecule has 0 saturated carbocycles. The highest BCUT2D eigenvalue weighted by Gasteiger charge is 2.06. The van der Waals surface area contributed by atoms with Crippen molar-refractivity contribution in [3.8, 4) is 0 Å². The summed E-state index contributed by atoms with van der Waals surface area (Å²) in [5.41, 5.74) is 9.64. The first-order valence-corrected chi connectivity index (χ1v) is 6.82. The average molecular weight is 268 g/mol. The van der Waals surface area contributed by atoms with Gasteiger partial charge in [0.2, 0.25) is 0 Å². The smallest absolute Gasteiger partial charge is 0.251 e. The second-order valence-corrected chi connectivity index (χ2v) is 4.85. The van der Waals surface area contributed by atoms with Gasteiger partial charge in [0.25, 0.3) is 5.91 Å². The molecule has 0 aliphatic carbocycles. The van der Waals surface area contributed by atoms with Gasteiger partial charge >= 0.3 is 0 Å². The van der Waals surface area contributed by atoms with E-state index in [2.05, 4.69) is 5.32 Å². The number of nitrogens with two attached hydrogens (primary N) is 1. The van der Waals surface area contributed by atoms with Crippen molar-refractivity contribution in [2.75, 3.05) is 6.54 Å². The molecule has 0 aromatic heterocycles. The highest BCUT2D eigenvalue weighted by Crippen LogP contribution is 2.08. The summed E-state index contributed by atoms with van der Waals surface area (Å²) in [6, 6.07) is 15.7. The number of aryl methyl sites for hydroxylation is 1. The monoisotopic (exact) mass is 268 g/mol. The number of nitrogens with one attached hydrogen (secondary N) is 1. The van der Waals surface area contributed by atoms with Crippen LogP contribution in [0.3, 0.4) is 0 Å². The van der Waals surface area contributed by atoms with Gasteiger partial charge in [-0.05, 0) is 48.7 Å². The fourth-order valence-corrected chi connectivity index (χ4v) is 2.12. The third-order valence-corrected chi connectivity index (χ3v) is 3.32. The molecule has 0 radical (unpaired) electrons. The van der Waals surface area contributed by atoms with Crippen LogP contribution in [0.4, 0.5) is 0 Å². The molecule has 3 N–H and O–H groups in total. The molecular weight excluding hydrogens is 248 g/mol. The first-order valence-electron chi connectivity index (χ1n) is 6.82. The molecule has 2 rings (SSSR count). The summed E-state index contributed by atoms with van der Waals surface area (Å²) in [5, 5.41) is 2.96. The SMILES string of the molecule is Cc1ccccc1CNC(=O)c1cccc(CCN)c1. The summed E-state index contributed by atoms with van der Waals surface area (Å²) < 4.78 is 0. The summed E-state index contributed by atoms with van der Waals surface area (Å²) in [7, 11) is 0. The third kappa shape index (κ3) is 3.68. The van der Waals surface area contributed by atoms with Gasteiger partial charge in [0.05, 0.1) is 0 Å². The lowest BCUT2D eigenvalue weighted by Crippen LogP contribution is -2.23. The van der Waals surface area contributed by atoms with Gasteiger partial charge in [-0.25, -0.2) is 0 Å². The van der Waals surface area contributed by atoms with Crippen LogP contribution in [-0.4, -0.2) is 12.5 Å². The predicted molar refractivity (Wildman–Crippen MR) is 81.5 cm³/mol. The maximum atomic E-state index is 12.1. The molecule has 2 aromatic carbocycles. The van der Waals surface area contributed by atoms with Gasteiger partial charge in [-0.15, -0.1) is 0 Å². The molecular formula is C17H20N2O. The highest BCUT2D eigenvalue weighted by molar-refractivity contribution is 5.94. The molecule has 0 unspecified atom stereocenters. The Kier molecular flexibility index (Phi) is 4.91. The van der Waals surface area contributed by atoms with Gasteiger partial charge < -0.3 is 11.1 Å². The van der Waals surface area contributed by atoms with E-state index in [0.29, 0.717) is 18.7 Å². The van der Waals surface area contributed by atoms with Gasteiger partial charge in [-0.1, -0.05) is 36.4 Å². The minimum absolute atomic E-state index is 0.0490. The molecule has 3 heteroatoms. The zero-order chi connectivity index (χ0) is 14.4. The number of amides is 1. The zero-order valence-electron chi connectivity index (χ0n) is 11.7. The highest BCUT2D eigenvalue weighted by atomic mass is 16.1. The molecule has 0 saturated heterocycles. The van der Waals surface area contributed by atoms with Gasteiger partial charge in [-0.2, -0.15) is 0 Å². The summed E-state index contributed by atoms with van der Waals surface area (Å²) in [4.78, 5) is 12.1. The van der Waals surface area contributed by atoms with Crippen LogP contribution in [0.2, 0.25) is 0 Å². The van der Waals surface area contributed by atoms with Crippen LogP contribution < -0.4 is 11.1 Å². The molecule has 2 aromatic rings. The van der Waals surface area contributed by atoms with Crippen LogP contribution in [0, 0.1) is 6.92 Å². The number of rotatable bonds is 5. The van der Waals surface area contributed by atoms with E-state index < -0.39 is 0 Å². The molecule has 3 nitrogen and oxygen atoms in total. The fraction of sp³-hybridized carbons (Fsp3) is 0.235. The van der Waals surface area contributed by atoms with Crippen LogP contribution in [0.1, 0.15) is 27.0 Å². The second-order valence-electron chi connectivity index (χ2n) is 4.85. The lowest BCUT2D eigenvalue weighted by Gasteiger charge is -2.08.